The SMILES string of the molecule is C=C(C)COCCNS(=O)(=O)c1c[nH]ccc1=O. The zero-order chi connectivity index (χ0) is 13.6. The second-order valence-corrected chi connectivity index (χ2v) is 5.52. The maximum atomic E-state index is 11.7. The summed E-state index contributed by atoms with van der Waals surface area (Å²) in [6.07, 6.45) is 2.52. The third-order valence-corrected chi connectivity index (χ3v) is 3.45. The number of ether oxygens (including phenoxy) is 1. The standard InChI is InChI=1S/C11H16N2O4S/c1-9(2)8-17-6-5-13-18(15,16)11-7-12-4-3-10(11)14/h3-4,7,13H,1,5-6,8H2,2H3,(H,12,14). The predicted molar refractivity (Wildman–Crippen MR) is 67.9 cm³/mol. The molecule has 0 saturated carbocycles. The minimum atomic E-state index is -3.79. The molecule has 0 aliphatic rings. The monoisotopic (exact) mass is 272 g/mol. The lowest BCUT2D eigenvalue weighted by molar-refractivity contribution is 0.162. The molecule has 0 amide bonds. The fourth-order valence-corrected chi connectivity index (χ4v) is 2.25. The van der Waals surface area contributed by atoms with E-state index in [1.54, 1.807) is 0 Å². The Morgan fingerprint density at radius 2 is 2.28 bits per heavy atom. The number of aromatic nitrogens is 1. The summed E-state index contributed by atoms with van der Waals surface area (Å²) in [7, 11) is -3.79. The molecule has 0 atom stereocenters. The maximum absolute atomic E-state index is 11.7. The molecule has 100 valence electrons. The highest BCUT2D eigenvalue weighted by Crippen LogP contribution is 1.99. The normalized spacial score (nSPS) is 11.4. The molecule has 6 nitrogen and oxygen atoms in total. The van der Waals surface area contributed by atoms with Gasteiger partial charge in [-0.2, -0.15) is 0 Å². The van der Waals surface area contributed by atoms with Gasteiger partial charge in [0.25, 0.3) is 0 Å². The van der Waals surface area contributed by atoms with Crippen molar-refractivity contribution in [3.63, 3.8) is 0 Å². The molecule has 0 unspecified atom stereocenters. The van der Waals surface area contributed by atoms with Gasteiger partial charge in [-0.05, 0) is 6.92 Å². The second kappa shape index (κ2) is 6.48. The summed E-state index contributed by atoms with van der Waals surface area (Å²) in [6.45, 7) is 6.17. The second-order valence-electron chi connectivity index (χ2n) is 3.78. The van der Waals surface area contributed by atoms with E-state index in [1.807, 2.05) is 6.92 Å². The summed E-state index contributed by atoms with van der Waals surface area (Å²) < 4.78 is 30.9. The van der Waals surface area contributed by atoms with E-state index in [2.05, 4.69) is 16.3 Å². The first-order valence-corrected chi connectivity index (χ1v) is 6.80. The molecule has 0 spiro atoms. The third-order valence-electron chi connectivity index (χ3n) is 1.96. The number of rotatable bonds is 7. The fourth-order valence-electron chi connectivity index (χ4n) is 1.18. The van der Waals surface area contributed by atoms with Gasteiger partial charge in [0.2, 0.25) is 15.5 Å². The summed E-state index contributed by atoms with van der Waals surface area (Å²) in [5.41, 5.74) is 0.307. The van der Waals surface area contributed by atoms with Crippen molar-refractivity contribution in [2.45, 2.75) is 11.8 Å². The topological polar surface area (TPSA) is 88.3 Å². The molecular formula is C11H16N2O4S. The van der Waals surface area contributed by atoms with Crippen molar-refractivity contribution in [3.05, 3.63) is 40.8 Å². The number of sulfonamides is 1. The molecular weight excluding hydrogens is 256 g/mol. The molecule has 1 rings (SSSR count). The zero-order valence-corrected chi connectivity index (χ0v) is 10.9. The Bertz CT molecular complexity index is 562. The van der Waals surface area contributed by atoms with Gasteiger partial charge in [0.15, 0.2) is 0 Å². The van der Waals surface area contributed by atoms with Crippen LogP contribution >= 0.6 is 0 Å². The van der Waals surface area contributed by atoms with Crippen molar-refractivity contribution in [2.75, 3.05) is 19.8 Å². The molecule has 1 aromatic heterocycles. The van der Waals surface area contributed by atoms with Gasteiger partial charge in [0, 0.05) is 25.0 Å². The minimum absolute atomic E-state index is 0.101. The van der Waals surface area contributed by atoms with E-state index >= 15 is 0 Å². The largest absolute Gasteiger partial charge is 0.376 e. The number of hydrogen-bond acceptors (Lipinski definition) is 4. The molecule has 0 saturated heterocycles. The van der Waals surface area contributed by atoms with Crippen LogP contribution in [0.2, 0.25) is 0 Å². The van der Waals surface area contributed by atoms with Crippen LogP contribution in [0, 0.1) is 0 Å². The number of hydrogen-bond donors (Lipinski definition) is 2. The maximum Gasteiger partial charge on any atom is 0.245 e. The molecule has 1 heterocycles. The van der Waals surface area contributed by atoms with Crippen LogP contribution in [0.25, 0.3) is 0 Å². The number of H-pyrrole nitrogens is 1. The first-order valence-electron chi connectivity index (χ1n) is 5.32. The van der Waals surface area contributed by atoms with Crippen LogP contribution in [0.1, 0.15) is 6.92 Å². The molecule has 2 N–H and O–H groups in total. The lowest BCUT2D eigenvalue weighted by Crippen LogP contribution is -2.31. The van der Waals surface area contributed by atoms with Crippen molar-refractivity contribution in [1.29, 1.82) is 0 Å². The van der Waals surface area contributed by atoms with Crippen LogP contribution in [-0.2, 0) is 14.8 Å². The van der Waals surface area contributed by atoms with Gasteiger partial charge in [-0.15, -0.1) is 0 Å². The van der Waals surface area contributed by atoms with Gasteiger partial charge >= 0.3 is 0 Å². The number of pyridine rings is 1. The Kier molecular flexibility index (Phi) is 5.26. The van der Waals surface area contributed by atoms with Crippen molar-refractivity contribution in [3.8, 4) is 0 Å². The molecule has 0 bridgehead atoms. The van der Waals surface area contributed by atoms with Crippen molar-refractivity contribution in [1.82, 2.24) is 9.71 Å². The summed E-state index contributed by atoms with van der Waals surface area (Å²) in [6, 6.07) is 1.16. The lowest BCUT2D eigenvalue weighted by atomic mass is 10.4. The van der Waals surface area contributed by atoms with Crippen molar-refractivity contribution in [2.24, 2.45) is 0 Å². The lowest BCUT2D eigenvalue weighted by Gasteiger charge is -2.06. The molecule has 0 aliphatic carbocycles. The van der Waals surface area contributed by atoms with E-state index in [-0.39, 0.29) is 18.0 Å². The predicted octanol–water partition coefficient (Wildman–Crippen LogP) is 0.246. The minimum Gasteiger partial charge on any atom is -0.376 e. The molecule has 18 heavy (non-hydrogen) atoms. The van der Waals surface area contributed by atoms with Crippen LogP contribution in [0.4, 0.5) is 0 Å². The Hall–Kier alpha value is -1.44. The molecule has 0 aromatic carbocycles. The van der Waals surface area contributed by atoms with Gasteiger partial charge in [-0.3, -0.25) is 4.79 Å². The van der Waals surface area contributed by atoms with Gasteiger partial charge in [-0.1, -0.05) is 12.2 Å². The van der Waals surface area contributed by atoms with Gasteiger partial charge in [0.05, 0.1) is 13.2 Å². The van der Waals surface area contributed by atoms with Crippen LogP contribution < -0.4 is 10.2 Å². The van der Waals surface area contributed by atoms with Crippen molar-refractivity contribution < 1.29 is 13.2 Å². The highest BCUT2D eigenvalue weighted by atomic mass is 32.2. The zero-order valence-electron chi connectivity index (χ0n) is 10.1. The van der Waals surface area contributed by atoms with Gasteiger partial charge in [0.1, 0.15) is 4.90 Å². The smallest absolute Gasteiger partial charge is 0.245 e. The highest BCUT2D eigenvalue weighted by molar-refractivity contribution is 7.89. The summed E-state index contributed by atoms with van der Waals surface area (Å²) in [5, 5.41) is 0. The van der Waals surface area contributed by atoms with Gasteiger partial charge < -0.3 is 9.72 Å². The molecule has 0 aliphatic heterocycles. The number of aromatic amines is 1. The van der Waals surface area contributed by atoms with Crippen LogP contribution in [0.3, 0.4) is 0 Å². The van der Waals surface area contributed by atoms with Crippen LogP contribution in [0.5, 0.6) is 0 Å². The Labute approximate surface area is 106 Å². The summed E-state index contributed by atoms with van der Waals surface area (Å²) in [4.78, 5) is 13.6. The first kappa shape index (κ1) is 14.6. The molecule has 0 radical (unpaired) electrons. The average molecular weight is 272 g/mol. The Balaban J connectivity index is 2.54. The van der Waals surface area contributed by atoms with E-state index in [4.69, 9.17) is 4.74 Å². The van der Waals surface area contributed by atoms with E-state index in [0.29, 0.717) is 6.61 Å². The highest BCUT2D eigenvalue weighted by Gasteiger charge is 2.16. The van der Waals surface area contributed by atoms with E-state index in [0.717, 1.165) is 17.8 Å². The van der Waals surface area contributed by atoms with Crippen LogP contribution in [0.15, 0.2) is 40.3 Å². The third kappa shape index (κ3) is 4.44. The Morgan fingerprint density at radius 1 is 1.56 bits per heavy atom. The summed E-state index contributed by atoms with van der Waals surface area (Å²) in [5.74, 6) is 0. The Morgan fingerprint density at radius 3 is 2.89 bits per heavy atom. The van der Waals surface area contributed by atoms with Crippen LogP contribution in [-0.4, -0.2) is 33.2 Å². The average Bonchev–Trinajstić information content (AvgIpc) is 2.28. The van der Waals surface area contributed by atoms with Crippen molar-refractivity contribution >= 4 is 10.0 Å². The number of nitrogens with one attached hydrogen (secondary N) is 2. The van der Waals surface area contributed by atoms with E-state index in [1.165, 1.54) is 6.20 Å². The van der Waals surface area contributed by atoms with Gasteiger partial charge in [-0.25, -0.2) is 13.1 Å². The molecule has 0 fully saturated rings. The van der Waals surface area contributed by atoms with E-state index < -0.39 is 15.5 Å². The quantitative estimate of drug-likeness (QED) is 0.550. The van der Waals surface area contributed by atoms with E-state index in [9.17, 15) is 13.2 Å². The fraction of sp³-hybridized carbons (Fsp3) is 0.364. The first-order chi connectivity index (χ1) is 8.43. The molecule has 7 heteroatoms. The summed E-state index contributed by atoms with van der Waals surface area (Å²) >= 11 is 0. The molecule has 1 aromatic rings.